The predicted octanol–water partition coefficient (Wildman–Crippen LogP) is 4.22. The quantitative estimate of drug-likeness (QED) is 0.787. The lowest BCUT2D eigenvalue weighted by Crippen LogP contribution is -2.36. The van der Waals surface area contributed by atoms with Gasteiger partial charge in [0.2, 0.25) is 11.8 Å². The number of carbonyl (C=O) groups is 2. The summed E-state index contributed by atoms with van der Waals surface area (Å²) < 4.78 is 0. The average Bonchev–Trinajstić information content (AvgIpc) is 3.40. The van der Waals surface area contributed by atoms with Crippen LogP contribution in [0, 0.1) is 11.8 Å². The zero-order valence-electron chi connectivity index (χ0n) is 15.4. The van der Waals surface area contributed by atoms with E-state index in [1.54, 1.807) is 0 Å². The summed E-state index contributed by atoms with van der Waals surface area (Å²) in [7, 11) is 0. The maximum absolute atomic E-state index is 12.4. The number of anilines is 1. The Labute approximate surface area is 150 Å². The topological polar surface area (TPSA) is 58.2 Å². The number of hydrogen-bond acceptors (Lipinski definition) is 2. The van der Waals surface area contributed by atoms with Crippen molar-refractivity contribution in [2.24, 2.45) is 11.8 Å². The molecule has 2 amide bonds. The SMILES string of the molecule is CC(C)c1ccc(NC(=O)C2CC2C(=O)NC2CCCCCC2)cc1. The third-order valence-corrected chi connectivity index (χ3v) is 5.51. The van der Waals surface area contributed by atoms with Gasteiger partial charge < -0.3 is 10.6 Å². The van der Waals surface area contributed by atoms with Gasteiger partial charge >= 0.3 is 0 Å². The van der Waals surface area contributed by atoms with Gasteiger partial charge in [0, 0.05) is 11.7 Å². The summed E-state index contributed by atoms with van der Waals surface area (Å²) >= 11 is 0. The van der Waals surface area contributed by atoms with E-state index < -0.39 is 0 Å². The summed E-state index contributed by atoms with van der Waals surface area (Å²) in [6.07, 6.45) is 7.79. The highest BCUT2D eigenvalue weighted by Crippen LogP contribution is 2.40. The van der Waals surface area contributed by atoms with Crippen LogP contribution in [0.4, 0.5) is 5.69 Å². The molecule has 2 saturated carbocycles. The number of benzene rings is 1. The molecule has 2 aliphatic carbocycles. The Morgan fingerprint density at radius 2 is 1.52 bits per heavy atom. The number of rotatable bonds is 5. The highest BCUT2D eigenvalue weighted by molar-refractivity contribution is 5.99. The van der Waals surface area contributed by atoms with Crippen LogP contribution in [0.3, 0.4) is 0 Å². The number of nitrogens with one attached hydrogen (secondary N) is 2. The smallest absolute Gasteiger partial charge is 0.228 e. The van der Waals surface area contributed by atoms with Gasteiger partial charge in [-0.2, -0.15) is 0 Å². The fourth-order valence-electron chi connectivity index (χ4n) is 3.69. The van der Waals surface area contributed by atoms with E-state index >= 15 is 0 Å². The highest BCUT2D eigenvalue weighted by atomic mass is 16.2. The zero-order valence-corrected chi connectivity index (χ0v) is 15.4. The summed E-state index contributed by atoms with van der Waals surface area (Å²) in [6, 6.07) is 8.28. The van der Waals surface area contributed by atoms with E-state index in [2.05, 4.69) is 24.5 Å². The van der Waals surface area contributed by atoms with Gasteiger partial charge in [-0.15, -0.1) is 0 Å². The first-order chi connectivity index (χ1) is 12.0. The molecule has 0 aliphatic heterocycles. The summed E-state index contributed by atoms with van der Waals surface area (Å²) in [6.45, 7) is 4.30. The van der Waals surface area contributed by atoms with E-state index in [0.717, 1.165) is 18.5 Å². The van der Waals surface area contributed by atoms with E-state index in [4.69, 9.17) is 0 Å². The average molecular weight is 342 g/mol. The van der Waals surface area contributed by atoms with Gasteiger partial charge in [-0.3, -0.25) is 9.59 Å². The van der Waals surface area contributed by atoms with Gasteiger partial charge in [0.1, 0.15) is 0 Å². The molecule has 4 heteroatoms. The van der Waals surface area contributed by atoms with Crippen molar-refractivity contribution >= 4 is 17.5 Å². The molecule has 0 heterocycles. The van der Waals surface area contributed by atoms with Crippen molar-refractivity contribution in [3.05, 3.63) is 29.8 Å². The monoisotopic (exact) mass is 342 g/mol. The van der Waals surface area contributed by atoms with Crippen LogP contribution in [0.5, 0.6) is 0 Å². The summed E-state index contributed by atoms with van der Waals surface area (Å²) in [5.74, 6) is 0.208. The third kappa shape index (κ3) is 4.83. The molecule has 2 N–H and O–H groups in total. The zero-order chi connectivity index (χ0) is 17.8. The molecule has 0 bridgehead atoms. The minimum absolute atomic E-state index is 0.0293. The second kappa shape index (κ2) is 8.03. The molecule has 0 spiro atoms. The Morgan fingerprint density at radius 1 is 0.920 bits per heavy atom. The lowest BCUT2D eigenvalue weighted by atomic mass is 10.0. The second-order valence-corrected chi connectivity index (χ2v) is 7.91. The van der Waals surface area contributed by atoms with Crippen LogP contribution in [0.2, 0.25) is 0 Å². The van der Waals surface area contributed by atoms with Crippen molar-refractivity contribution in [2.75, 3.05) is 5.32 Å². The van der Waals surface area contributed by atoms with E-state index in [1.165, 1.54) is 31.2 Å². The molecule has 136 valence electrons. The lowest BCUT2D eigenvalue weighted by molar-refractivity contribution is -0.125. The fourth-order valence-corrected chi connectivity index (χ4v) is 3.69. The first-order valence-corrected chi connectivity index (χ1v) is 9.76. The summed E-state index contributed by atoms with van der Waals surface area (Å²) in [4.78, 5) is 24.7. The molecule has 25 heavy (non-hydrogen) atoms. The maximum atomic E-state index is 12.4. The molecular formula is C21H30N2O2. The minimum Gasteiger partial charge on any atom is -0.353 e. The summed E-state index contributed by atoms with van der Waals surface area (Å²) in [5, 5.41) is 6.12. The first kappa shape index (κ1) is 18.0. The molecule has 0 aromatic heterocycles. The summed E-state index contributed by atoms with van der Waals surface area (Å²) in [5.41, 5.74) is 2.06. The van der Waals surface area contributed by atoms with Crippen LogP contribution in [0.25, 0.3) is 0 Å². The van der Waals surface area contributed by atoms with Gasteiger partial charge in [-0.1, -0.05) is 51.7 Å². The van der Waals surface area contributed by atoms with Gasteiger partial charge in [-0.05, 0) is 42.9 Å². The van der Waals surface area contributed by atoms with Crippen molar-refractivity contribution < 1.29 is 9.59 Å². The van der Waals surface area contributed by atoms with E-state index in [1.807, 2.05) is 24.3 Å². The van der Waals surface area contributed by atoms with Crippen molar-refractivity contribution in [1.82, 2.24) is 5.32 Å². The van der Waals surface area contributed by atoms with Gasteiger partial charge in [0.15, 0.2) is 0 Å². The molecule has 4 nitrogen and oxygen atoms in total. The Balaban J connectivity index is 1.47. The van der Waals surface area contributed by atoms with Gasteiger partial charge in [0.25, 0.3) is 0 Å². The molecule has 2 unspecified atom stereocenters. The maximum Gasteiger partial charge on any atom is 0.228 e. The molecule has 2 atom stereocenters. The highest BCUT2D eigenvalue weighted by Gasteiger charge is 2.48. The Hall–Kier alpha value is -1.84. The first-order valence-electron chi connectivity index (χ1n) is 9.76. The molecule has 1 aromatic carbocycles. The number of amides is 2. The largest absolute Gasteiger partial charge is 0.353 e. The Kier molecular flexibility index (Phi) is 5.77. The van der Waals surface area contributed by atoms with Crippen molar-refractivity contribution in [2.45, 2.75) is 70.8 Å². The van der Waals surface area contributed by atoms with Crippen LogP contribution >= 0.6 is 0 Å². The van der Waals surface area contributed by atoms with Crippen molar-refractivity contribution in [3.63, 3.8) is 0 Å². The number of carbonyl (C=O) groups excluding carboxylic acids is 2. The second-order valence-electron chi connectivity index (χ2n) is 7.91. The molecule has 0 saturated heterocycles. The van der Waals surface area contributed by atoms with Gasteiger partial charge in [-0.25, -0.2) is 0 Å². The third-order valence-electron chi connectivity index (χ3n) is 5.51. The van der Waals surface area contributed by atoms with E-state index in [0.29, 0.717) is 18.4 Å². The molecule has 2 aliphatic rings. The van der Waals surface area contributed by atoms with Crippen LogP contribution in [-0.4, -0.2) is 17.9 Å². The lowest BCUT2D eigenvalue weighted by Gasteiger charge is -2.16. The van der Waals surface area contributed by atoms with Crippen molar-refractivity contribution in [3.8, 4) is 0 Å². The van der Waals surface area contributed by atoms with E-state index in [9.17, 15) is 9.59 Å². The Morgan fingerprint density at radius 3 is 2.12 bits per heavy atom. The normalized spacial score (nSPS) is 23.8. The molecule has 3 rings (SSSR count). The van der Waals surface area contributed by atoms with E-state index in [-0.39, 0.29) is 23.7 Å². The standard InChI is InChI=1S/C21H30N2O2/c1-14(2)15-9-11-17(12-10-15)23-21(25)19-13-18(19)20(24)22-16-7-5-3-4-6-8-16/h9-12,14,16,18-19H,3-8,13H2,1-2H3,(H,22,24)(H,23,25). The van der Waals surface area contributed by atoms with Crippen LogP contribution in [0.15, 0.2) is 24.3 Å². The number of hydrogen-bond donors (Lipinski definition) is 2. The fraction of sp³-hybridized carbons (Fsp3) is 0.619. The Bertz CT molecular complexity index is 601. The molecule has 1 aromatic rings. The van der Waals surface area contributed by atoms with Crippen LogP contribution in [0.1, 0.15) is 70.3 Å². The predicted molar refractivity (Wildman–Crippen MR) is 100 cm³/mol. The molecule has 0 radical (unpaired) electrons. The minimum atomic E-state index is -0.171. The van der Waals surface area contributed by atoms with Crippen LogP contribution in [-0.2, 0) is 9.59 Å². The van der Waals surface area contributed by atoms with Gasteiger partial charge in [0.05, 0.1) is 11.8 Å². The molecule has 2 fully saturated rings. The van der Waals surface area contributed by atoms with Crippen LogP contribution < -0.4 is 10.6 Å². The van der Waals surface area contributed by atoms with Crippen molar-refractivity contribution in [1.29, 1.82) is 0 Å². The molecular weight excluding hydrogens is 312 g/mol.